The molecule has 2 saturated heterocycles. The Morgan fingerprint density at radius 2 is 1.80 bits per heavy atom. The fourth-order valence-electron chi connectivity index (χ4n) is 5.59. The van der Waals surface area contributed by atoms with Crippen LogP contribution in [0.4, 0.5) is 17.3 Å². The maximum absolute atomic E-state index is 13.2. The SMILES string of the molecule is C=CCn1c(=O)c2cnc(Nc3ccc(N4CCC(N5CCC5)CC4)cc3)nc2n1-c1ccc(=O)n(C(C)C)n1. The van der Waals surface area contributed by atoms with Crippen LogP contribution in [0.1, 0.15) is 39.2 Å². The predicted octanol–water partition coefficient (Wildman–Crippen LogP) is 3.32. The van der Waals surface area contributed by atoms with Crippen LogP contribution in [0.5, 0.6) is 0 Å². The lowest BCUT2D eigenvalue weighted by Crippen LogP contribution is -2.50. The first-order valence-corrected chi connectivity index (χ1v) is 14.0. The Hall–Kier alpha value is -4.25. The molecule has 0 amide bonds. The molecule has 0 unspecified atom stereocenters. The van der Waals surface area contributed by atoms with Crippen molar-refractivity contribution in [3.63, 3.8) is 0 Å². The first-order valence-electron chi connectivity index (χ1n) is 14.0. The van der Waals surface area contributed by atoms with E-state index in [0.29, 0.717) is 22.8 Å². The number of likely N-dealkylation sites (tertiary alicyclic amines) is 1. The van der Waals surface area contributed by atoms with Gasteiger partial charge in [0.15, 0.2) is 11.5 Å². The van der Waals surface area contributed by atoms with E-state index in [4.69, 9.17) is 4.98 Å². The first-order chi connectivity index (χ1) is 19.4. The van der Waals surface area contributed by atoms with Crippen LogP contribution in [0.25, 0.3) is 16.9 Å². The number of hydrogen-bond donors (Lipinski definition) is 1. The molecule has 11 heteroatoms. The number of anilines is 3. The standard InChI is InChI=1S/C29H35N9O2/c1-4-14-36-28(40)24-19-30-29(32-27(24)38(36)25-10-11-26(39)37(33-25)20(2)3)31-21-6-8-22(9-7-21)35-17-12-23(13-18-35)34-15-5-16-34/h4,6-11,19-20,23H,1,5,12-18H2,2-3H3,(H,30,31,32). The quantitative estimate of drug-likeness (QED) is 0.339. The van der Waals surface area contributed by atoms with Gasteiger partial charge < -0.3 is 15.1 Å². The molecule has 0 aliphatic carbocycles. The number of fused-ring (bicyclic) bond motifs is 1. The second-order valence-corrected chi connectivity index (χ2v) is 10.8. The van der Waals surface area contributed by atoms with E-state index in [2.05, 4.69) is 43.9 Å². The number of aromatic nitrogens is 6. The highest BCUT2D eigenvalue weighted by atomic mass is 16.1. The minimum Gasteiger partial charge on any atom is -0.371 e. The van der Waals surface area contributed by atoms with Crippen molar-refractivity contribution in [3.8, 4) is 5.82 Å². The molecule has 1 N–H and O–H groups in total. The summed E-state index contributed by atoms with van der Waals surface area (Å²) in [5.41, 5.74) is 1.99. The lowest BCUT2D eigenvalue weighted by Gasteiger charge is -2.43. The summed E-state index contributed by atoms with van der Waals surface area (Å²) in [6.07, 6.45) is 6.93. The molecule has 0 saturated carbocycles. The number of hydrogen-bond acceptors (Lipinski definition) is 8. The summed E-state index contributed by atoms with van der Waals surface area (Å²) >= 11 is 0. The van der Waals surface area contributed by atoms with Gasteiger partial charge in [0.1, 0.15) is 5.39 Å². The van der Waals surface area contributed by atoms with Crippen LogP contribution in [-0.2, 0) is 6.54 Å². The fraction of sp³-hybridized carbons (Fsp3) is 0.414. The molecule has 1 aromatic carbocycles. The van der Waals surface area contributed by atoms with E-state index in [-0.39, 0.29) is 23.7 Å². The lowest BCUT2D eigenvalue weighted by molar-refractivity contribution is 0.100. The van der Waals surface area contributed by atoms with E-state index in [0.717, 1.165) is 24.8 Å². The molecule has 2 aliphatic rings. The summed E-state index contributed by atoms with van der Waals surface area (Å²) in [4.78, 5) is 39.7. The zero-order valence-electron chi connectivity index (χ0n) is 23.0. The number of rotatable bonds is 8. The van der Waals surface area contributed by atoms with E-state index < -0.39 is 0 Å². The van der Waals surface area contributed by atoms with Gasteiger partial charge in [-0.05, 0) is 76.5 Å². The van der Waals surface area contributed by atoms with Crippen molar-refractivity contribution in [2.75, 3.05) is 36.4 Å². The molecule has 40 heavy (non-hydrogen) atoms. The lowest BCUT2D eigenvalue weighted by atomic mass is 9.99. The smallest absolute Gasteiger partial charge is 0.278 e. The fourth-order valence-corrected chi connectivity index (χ4v) is 5.59. The number of nitrogens with one attached hydrogen (secondary N) is 1. The van der Waals surface area contributed by atoms with E-state index >= 15 is 0 Å². The average molecular weight is 542 g/mol. The third-order valence-corrected chi connectivity index (χ3v) is 7.85. The zero-order chi connectivity index (χ0) is 27.8. The van der Waals surface area contributed by atoms with Crippen molar-refractivity contribution in [2.24, 2.45) is 0 Å². The molecule has 2 fully saturated rings. The average Bonchev–Trinajstić information content (AvgIpc) is 3.19. The molecule has 11 nitrogen and oxygen atoms in total. The number of nitrogens with zero attached hydrogens (tertiary/aromatic N) is 8. The Labute approximate surface area is 232 Å². The van der Waals surface area contributed by atoms with Gasteiger partial charge >= 0.3 is 0 Å². The maximum atomic E-state index is 13.2. The molecule has 2 aliphatic heterocycles. The second-order valence-electron chi connectivity index (χ2n) is 10.8. The van der Waals surface area contributed by atoms with Crippen LogP contribution >= 0.6 is 0 Å². The van der Waals surface area contributed by atoms with Crippen LogP contribution in [0.15, 0.2) is 64.8 Å². The molecule has 0 bridgehead atoms. The van der Waals surface area contributed by atoms with Crippen molar-refractivity contribution in [1.29, 1.82) is 0 Å². The molecular weight excluding hydrogens is 506 g/mol. The molecule has 6 rings (SSSR count). The van der Waals surface area contributed by atoms with Gasteiger partial charge in [-0.1, -0.05) is 6.08 Å². The van der Waals surface area contributed by atoms with Crippen LogP contribution in [-0.4, -0.2) is 66.2 Å². The molecule has 0 spiro atoms. The molecular formula is C29H35N9O2. The van der Waals surface area contributed by atoms with E-state index in [1.807, 2.05) is 26.0 Å². The second kappa shape index (κ2) is 10.7. The summed E-state index contributed by atoms with van der Waals surface area (Å²) in [5, 5.41) is 8.15. The van der Waals surface area contributed by atoms with Gasteiger partial charge in [-0.3, -0.25) is 9.59 Å². The summed E-state index contributed by atoms with van der Waals surface area (Å²) < 4.78 is 4.50. The van der Waals surface area contributed by atoms with E-state index in [1.54, 1.807) is 16.8 Å². The molecule has 4 aromatic rings. The van der Waals surface area contributed by atoms with Crippen molar-refractivity contribution < 1.29 is 0 Å². The third-order valence-electron chi connectivity index (χ3n) is 7.85. The summed E-state index contributed by atoms with van der Waals surface area (Å²) in [5.74, 6) is 0.770. The van der Waals surface area contributed by atoms with Crippen LogP contribution < -0.4 is 21.3 Å². The van der Waals surface area contributed by atoms with Crippen molar-refractivity contribution in [1.82, 2.24) is 34.0 Å². The third kappa shape index (κ3) is 4.81. The monoisotopic (exact) mass is 541 g/mol. The molecule has 0 radical (unpaired) electrons. The van der Waals surface area contributed by atoms with Crippen LogP contribution in [0, 0.1) is 0 Å². The van der Waals surface area contributed by atoms with Crippen LogP contribution in [0.2, 0.25) is 0 Å². The van der Waals surface area contributed by atoms with Gasteiger partial charge in [0.05, 0.1) is 12.6 Å². The minimum atomic E-state index is -0.257. The van der Waals surface area contributed by atoms with Crippen molar-refractivity contribution >= 4 is 28.4 Å². The van der Waals surface area contributed by atoms with E-state index in [9.17, 15) is 9.59 Å². The summed E-state index contributed by atoms with van der Waals surface area (Å²) in [6.45, 7) is 12.5. The zero-order valence-corrected chi connectivity index (χ0v) is 23.0. The summed E-state index contributed by atoms with van der Waals surface area (Å²) in [6, 6.07) is 11.9. The predicted molar refractivity (Wildman–Crippen MR) is 157 cm³/mol. The van der Waals surface area contributed by atoms with Gasteiger partial charge in [-0.15, -0.1) is 11.7 Å². The number of benzene rings is 1. The number of piperidine rings is 1. The molecule has 5 heterocycles. The Morgan fingerprint density at radius 3 is 2.45 bits per heavy atom. The molecule has 208 valence electrons. The van der Waals surface area contributed by atoms with Crippen molar-refractivity contribution in [2.45, 2.75) is 51.7 Å². The summed E-state index contributed by atoms with van der Waals surface area (Å²) in [7, 11) is 0. The van der Waals surface area contributed by atoms with Gasteiger partial charge in [0, 0.05) is 42.8 Å². The Bertz CT molecular complexity index is 1640. The molecule has 3 aromatic heterocycles. The minimum absolute atomic E-state index is 0.143. The van der Waals surface area contributed by atoms with Gasteiger partial charge in [-0.25, -0.2) is 19.0 Å². The highest BCUT2D eigenvalue weighted by Gasteiger charge is 2.28. The van der Waals surface area contributed by atoms with Crippen molar-refractivity contribution in [3.05, 3.63) is 76.0 Å². The highest BCUT2D eigenvalue weighted by Crippen LogP contribution is 2.27. The van der Waals surface area contributed by atoms with Gasteiger partial charge in [0.2, 0.25) is 5.95 Å². The first kappa shape index (κ1) is 26.0. The van der Waals surface area contributed by atoms with Gasteiger partial charge in [-0.2, -0.15) is 4.98 Å². The highest BCUT2D eigenvalue weighted by molar-refractivity contribution is 5.77. The largest absolute Gasteiger partial charge is 0.371 e. The van der Waals surface area contributed by atoms with Crippen LogP contribution in [0.3, 0.4) is 0 Å². The van der Waals surface area contributed by atoms with E-state index in [1.165, 1.54) is 59.7 Å². The normalized spacial score (nSPS) is 16.4. The Kier molecular flexibility index (Phi) is 6.97. The number of allylic oxidation sites excluding steroid dienone is 1. The maximum Gasteiger partial charge on any atom is 0.278 e. The Morgan fingerprint density at radius 1 is 1.05 bits per heavy atom. The topological polar surface area (TPSA) is 106 Å². The van der Waals surface area contributed by atoms with Gasteiger partial charge in [0.25, 0.3) is 11.1 Å². The molecule has 0 atom stereocenters. The Balaban J connectivity index is 1.27.